The molecule has 0 N–H and O–H groups in total. The van der Waals surface area contributed by atoms with Crippen molar-refractivity contribution in [3.63, 3.8) is 0 Å². The van der Waals surface area contributed by atoms with E-state index in [4.69, 9.17) is 4.74 Å². The van der Waals surface area contributed by atoms with Crippen molar-refractivity contribution >= 4 is 5.97 Å². The molecule has 0 unspecified atom stereocenters. The van der Waals surface area contributed by atoms with Crippen molar-refractivity contribution in [2.75, 3.05) is 6.61 Å². The van der Waals surface area contributed by atoms with E-state index in [1.165, 1.54) is 12.1 Å². The van der Waals surface area contributed by atoms with Gasteiger partial charge in [0.1, 0.15) is 5.82 Å². The minimum Gasteiger partial charge on any atom is -0.462 e. The van der Waals surface area contributed by atoms with E-state index in [1.807, 2.05) is 48.9 Å². The Morgan fingerprint density at radius 2 is 1.68 bits per heavy atom. The molecule has 0 amide bonds. The number of benzene rings is 2. The third-order valence-electron chi connectivity index (χ3n) is 4.20. The second kappa shape index (κ2) is 6.93. The van der Waals surface area contributed by atoms with Gasteiger partial charge in [-0.05, 0) is 50.6 Å². The lowest BCUT2D eigenvalue weighted by molar-refractivity contribution is 0.0526. The maximum absolute atomic E-state index is 13.3. The van der Waals surface area contributed by atoms with Gasteiger partial charge in [0, 0.05) is 23.1 Å². The minimum atomic E-state index is -0.370. The summed E-state index contributed by atoms with van der Waals surface area (Å²) >= 11 is 0. The first kappa shape index (κ1) is 17.0. The normalized spacial score (nSPS) is 10.7. The maximum Gasteiger partial charge on any atom is 0.340 e. The Balaban J connectivity index is 2.18. The van der Waals surface area contributed by atoms with Crippen LogP contribution in [0, 0.1) is 19.7 Å². The molecule has 0 spiro atoms. The highest BCUT2D eigenvalue weighted by molar-refractivity contribution is 5.99. The summed E-state index contributed by atoms with van der Waals surface area (Å²) in [6, 6.07) is 14.2. The summed E-state index contributed by atoms with van der Waals surface area (Å²) in [5.74, 6) is -0.679. The van der Waals surface area contributed by atoms with Gasteiger partial charge in [-0.25, -0.2) is 9.18 Å². The Labute approximate surface area is 146 Å². The molecule has 0 aliphatic carbocycles. The monoisotopic (exact) mass is 337 g/mol. The van der Waals surface area contributed by atoms with Crippen LogP contribution in [0.2, 0.25) is 0 Å². The summed E-state index contributed by atoms with van der Waals surface area (Å²) in [4.78, 5) is 12.5. The zero-order valence-electron chi connectivity index (χ0n) is 14.5. The minimum absolute atomic E-state index is 0.302. The van der Waals surface area contributed by atoms with Crippen LogP contribution < -0.4 is 0 Å². The van der Waals surface area contributed by atoms with Gasteiger partial charge < -0.3 is 9.30 Å². The molecule has 2 aromatic carbocycles. The molecule has 1 heterocycles. The molecule has 1 aromatic heterocycles. The van der Waals surface area contributed by atoms with Crippen molar-refractivity contribution < 1.29 is 13.9 Å². The highest BCUT2D eigenvalue weighted by Gasteiger charge is 2.22. The zero-order valence-corrected chi connectivity index (χ0v) is 14.5. The smallest absolute Gasteiger partial charge is 0.340 e. The van der Waals surface area contributed by atoms with Crippen molar-refractivity contribution in [3.05, 3.63) is 77.4 Å². The summed E-state index contributed by atoms with van der Waals surface area (Å²) in [6.45, 7) is 6.00. The van der Waals surface area contributed by atoms with Gasteiger partial charge in [0.25, 0.3) is 0 Å². The number of esters is 1. The molecule has 0 radical (unpaired) electrons. The van der Waals surface area contributed by atoms with E-state index >= 15 is 0 Å². The van der Waals surface area contributed by atoms with Crippen LogP contribution in [0.15, 0.2) is 54.7 Å². The van der Waals surface area contributed by atoms with E-state index < -0.39 is 0 Å². The first-order valence-electron chi connectivity index (χ1n) is 8.23. The number of hydrogen-bond acceptors (Lipinski definition) is 2. The molecule has 128 valence electrons. The number of carbonyl (C=O) groups excluding carboxylic acids is 1. The van der Waals surface area contributed by atoms with Gasteiger partial charge in [-0.3, -0.25) is 0 Å². The van der Waals surface area contributed by atoms with Crippen LogP contribution in [-0.2, 0) is 4.74 Å². The third-order valence-corrected chi connectivity index (χ3v) is 4.20. The molecule has 0 saturated carbocycles. The van der Waals surface area contributed by atoms with E-state index in [9.17, 15) is 9.18 Å². The summed E-state index contributed by atoms with van der Waals surface area (Å²) in [7, 11) is 0. The average molecular weight is 337 g/mol. The fraction of sp³-hybridized carbons (Fsp3) is 0.190. The van der Waals surface area contributed by atoms with E-state index in [1.54, 1.807) is 19.1 Å². The van der Waals surface area contributed by atoms with Crippen molar-refractivity contribution in [2.24, 2.45) is 0 Å². The first-order valence-corrected chi connectivity index (χ1v) is 8.23. The maximum atomic E-state index is 13.3. The van der Waals surface area contributed by atoms with Gasteiger partial charge in [-0.2, -0.15) is 0 Å². The molecule has 25 heavy (non-hydrogen) atoms. The largest absolute Gasteiger partial charge is 0.462 e. The van der Waals surface area contributed by atoms with Gasteiger partial charge in [0.15, 0.2) is 0 Å². The van der Waals surface area contributed by atoms with E-state index in [-0.39, 0.29) is 11.8 Å². The summed E-state index contributed by atoms with van der Waals surface area (Å²) < 4.78 is 20.5. The highest BCUT2D eigenvalue weighted by atomic mass is 19.1. The van der Waals surface area contributed by atoms with Gasteiger partial charge in [-0.1, -0.05) is 29.8 Å². The van der Waals surface area contributed by atoms with Crippen LogP contribution in [-0.4, -0.2) is 17.1 Å². The second-order valence-corrected chi connectivity index (χ2v) is 5.94. The third kappa shape index (κ3) is 3.33. The molecule has 3 rings (SSSR count). The van der Waals surface area contributed by atoms with Crippen LogP contribution in [0.4, 0.5) is 4.39 Å². The van der Waals surface area contributed by atoms with Crippen molar-refractivity contribution in [1.82, 2.24) is 4.57 Å². The number of aromatic nitrogens is 1. The average Bonchev–Trinajstić information content (AvgIpc) is 2.94. The predicted molar refractivity (Wildman–Crippen MR) is 96.6 cm³/mol. The fourth-order valence-electron chi connectivity index (χ4n) is 2.89. The molecular formula is C21H20FNO2. The Kier molecular flexibility index (Phi) is 4.70. The van der Waals surface area contributed by atoms with E-state index in [0.29, 0.717) is 12.2 Å². The summed E-state index contributed by atoms with van der Waals surface area (Å²) in [5, 5.41) is 0. The highest BCUT2D eigenvalue weighted by Crippen LogP contribution is 2.31. The number of carbonyl (C=O) groups is 1. The first-order chi connectivity index (χ1) is 12.0. The fourth-order valence-corrected chi connectivity index (χ4v) is 2.89. The summed E-state index contributed by atoms with van der Waals surface area (Å²) in [6.07, 6.45) is 1.90. The standard InChI is InChI=1S/C21H20FNO2/c1-4-25-21(24)20-15(3)23(18-11-5-14(2)6-12-18)13-19(20)16-7-9-17(22)10-8-16/h5-13H,4H2,1-3H3. The molecule has 0 bridgehead atoms. The van der Waals surface area contributed by atoms with Gasteiger partial charge in [0.2, 0.25) is 0 Å². The van der Waals surface area contributed by atoms with E-state index in [2.05, 4.69) is 0 Å². The molecule has 3 aromatic rings. The number of ether oxygens (including phenoxy) is 1. The molecule has 0 saturated heterocycles. The lowest BCUT2D eigenvalue weighted by Gasteiger charge is -2.08. The molecule has 0 fully saturated rings. The van der Waals surface area contributed by atoms with Gasteiger partial charge in [0.05, 0.1) is 12.2 Å². The van der Waals surface area contributed by atoms with Crippen LogP contribution in [0.1, 0.15) is 28.5 Å². The molecule has 0 aliphatic heterocycles. The van der Waals surface area contributed by atoms with Crippen LogP contribution >= 0.6 is 0 Å². The lowest BCUT2D eigenvalue weighted by atomic mass is 10.0. The molecule has 4 heteroatoms. The topological polar surface area (TPSA) is 31.2 Å². The summed E-state index contributed by atoms with van der Waals surface area (Å²) in [5.41, 5.74) is 4.94. The molecule has 0 atom stereocenters. The zero-order chi connectivity index (χ0) is 18.0. The van der Waals surface area contributed by atoms with Crippen LogP contribution in [0.25, 0.3) is 16.8 Å². The lowest BCUT2D eigenvalue weighted by Crippen LogP contribution is -2.07. The van der Waals surface area contributed by atoms with Crippen LogP contribution in [0.5, 0.6) is 0 Å². The predicted octanol–water partition coefficient (Wildman–Crippen LogP) is 5.08. The Hall–Kier alpha value is -2.88. The van der Waals surface area contributed by atoms with Gasteiger partial charge >= 0.3 is 5.97 Å². The number of rotatable bonds is 4. The number of aryl methyl sites for hydroxylation is 1. The SMILES string of the molecule is CCOC(=O)c1c(-c2ccc(F)cc2)cn(-c2ccc(C)cc2)c1C. The number of nitrogens with zero attached hydrogens (tertiary/aromatic N) is 1. The van der Waals surface area contributed by atoms with Crippen molar-refractivity contribution in [2.45, 2.75) is 20.8 Å². The second-order valence-electron chi connectivity index (χ2n) is 5.94. The van der Waals surface area contributed by atoms with Crippen molar-refractivity contribution in [1.29, 1.82) is 0 Å². The number of hydrogen-bond donors (Lipinski definition) is 0. The molecule has 3 nitrogen and oxygen atoms in total. The quantitative estimate of drug-likeness (QED) is 0.622. The number of halogens is 1. The molecule has 0 aliphatic rings. The van der Waals surface area contributed by atoms with Crippen molar-refractivity contribution in [3.8, 4) is 16.8 Å². The Bertz CT molecular complexity index is 893. The Morgan fingerprint density at radius 3 is 2.28 bits per heavy atom. The van der Waals surface area contributed by atoms with Crippen LogP contribution in [0.3, 0.4) is 0 Å². The Morgan fingerprint density at radius 1 is 1.04 bits per heavy atom. The van der Waals surface area contributed by atoms with E-state index in [0.717, 1.165) is 28.1 Å². The molecular weight excluding hydrogens is 317 g/mol. The van der Waals surface area contributed by atoms with Gasteiger partial charge in [-0.15, -0.1) is 0 Å².